The number of halogens is 1. The third-order valence-corrected chi connectivity index (χ3v) is 4.00. The van der Waals surface area contributed by atoms with Crippen molar-refractivity contribution in [2.24, 2.45) is 5.73 Å². The van der Waals surface area contributed by atoms with E-state index >= 15 is 0 Å². The van der Waals surface area contributed by atoms with E-state index < -0.39 is 5.82 Å². The second-order valence-electron chi connectivity index (χ2n) is 5.88. The van der Waals surface area contributed by atoms with Crippen LogP contribution in [0.5, 0.6) is 0 Å². The average molecular weight is 361 g/mol. The Hall–Kier alpha value is -2.78. The number of anilines is 2. The molecule has 0 aliphatic carbocycles. The van der Waals surface area contributed by atoms with Gasteiger partial charge in [0, 0.05) is 31.4 Å². The number of nitrogens with zero attached hydrogens (tertiary/aromatic N) is 2. The topological polar surface area (TPSA) is 113 Å². The Bertz CT molecular complexity index is 849. The summed E-state index contributed by atoms with van der Waals surface area (Å²) in [4.78, 5) is 33.1. The third kappa shape index (κ3) is 4.44. The molecule has 26 heavy (non-hydrogen) atoms. The normalized spacial score (nSPS) is 14.3. The second kappa shape index (κ2) is 8.07. The van der Waals surface area contributed by atoms with E-state index in [1.165, 1.54) is 24.3 Å². The van der Waals surface area contributed by atoms with Crippen LogP contribution < -0.4 is 21.5 Å². The lowest BCUT2D eigenvalue weighted by Crippen LogP contribution is -2.37. The molecular weight excluding hydrogens is 341 g/mol. The summed E-state index contributed by atoms with van der Waals surface area (Å²) in [6.45, 7) is 2.50. The number of carbonyl (C=O) groups excluding carboxylic acids is 1. The van der Waals surface area contributed by atoms with Crippen LogP contribution in [0.4, 0.5) is 15.9 Å². The Morgan fingerprint density at radius 2 is 2.12 bits per heavy atom. The summed E-state index contributed by atoms with van der Waals surface area (Å²) in [6.07, 6.45) is -0.116. The zero-order valence-electron chi connectivity index (χ0n) is 14.1. The Labute approximate surface area is 149 Å². The highest BCUT2D eigenvalue weighted by atomic mass is 19.1. The van der Waals surface area contributed by atoms with Crippen molar-refractivity contribution < 1.29 is 13.9 Å². The van der Waals surface area contributed by atoms with E-state index in [2.05, 4.69) is 15.3 Å². The zero-order valence-corrected chi connectivity index (χ0v) is 14.1. The van der Waals surface area contributed by atoms with Gasteiger partial charge in [-0.1, -0.05) is 0 Å². The molecule has 4 N–H and O–H groups in total. The number of nitrogens with two attached hydrogens (primary N) is 1. The van der Waals surface area contributed by atoms with Gasteiger partial charge in [-0.2, -0.15) is 0 Å². The van der Waals surface area contributed by atoms with E-state index in [0.717, 1.165) is 0 Å². The number of hydrogen-bond donors (Lipinski definition) is 3. The summed E-state index contributed by atoms with van der Waals surface area (Å²) in [5.41, 5.74) is 6.17. The molecule has 0 atom stereocenters. The predicted octanol–water partition coefficient (Wildman–Crippen LogP) is 0.385. The smallest absolute Gasteiger partial charge is 0.252 e. The molecule has 9 heteroatoms. The highest BCUT2D eigenvalue weighted by molar-refractivity contribution is 5.92. The molecule has 1 fully saturated rings. The number of benzene rings is 1. The number of ether oxygens (including phenoxy) is 1. The van der Waals surface area contributed by atoms with Crippen LogP contribution in [-0.4, -0.2) is 42.2 Å². The molecule has 2 heterocycles. The van der Waals surface area contributed by atoms with E-state index in [9.17, 15) is 14.0 Å². The molecule has 2 aromatic rings. The number of amides is 1. The van der Waals surface area contributed by atoms with Crippen LogP contribution in [0.2, 0.25) is 0 Å². The average Bonchev–Trinajstić information content (AvgIpc) is 2.63. The first-order valence-corrected chi connectivity index (χ1v) is 8.26. The minimum absolute atomic E-state index is 0.0922. The standard InChI is InChI=1S/C17H20FN5O3/c18-12-1-2-13(11(7-12)10-19)20-16(24)8-14-21-15(9-17(25)22-14)23-3-5-26-6-4-23/h1-2,7,9H,3-6,8,10,19H2,(H,20,24)(H,21,22,25). The lowest BCUT2D eigenvalue weighted by molar-refractivity contribution is -0.115. The molecule has 3 rings (SSSR count). The Morgan fingerprint density at radius 3 is 2.85 bits per heavy atom. The molecule has 1 aromatic heterocycles. The monoisotopic (exact) mass is 361 g/mol. The van der Waals surface area contributed by atoms with Gasteiger partial charge in [0.05, 0.1) is 19.6 Å². The van der Waals surface area contributed by atoms with Gasteiger partial charge in [-0.05, 0) is 23.8 Å². The minimum Gasteiger partial charge on any atom is -0.378 e. The van der Waals surface area contributed by atoms with Gasteiger partial charge in [0.1, 0.15) is 17.5 Å². The van der Waals surface area contributed by atoms with Crippen LogP contribution >= 0.6 is 0 Å². The minimum atomic E-state index is -0.423. The van der Waals surface area contributed by atoms with Gasteiger partial charge in [0.25, 0.3) is 5.56 Å². The molecule has 0 saturated carbocycles. The van der Waals surface area contributed by atoms with Crippen molar-refractivity contribution in [1.82, 2.24) is 9.97 Å². The highest BCUT2D eigenvalue weighted by Crippen LogP contribution is 2.17. The number of H-pyrrole nitrogens is 1. The largest absolute Gasteiger partial charge is 0.378 e. The van der Waals surface area contributed by atoms with Crippen LogP contribution in [0.25, 0.3) is 0 Å². The quantitative estimate of drug-likeness (QED) is 0.710. The third-order valence-electron chi connectivity index (χ3n) is 4.00. The number of hydrogen-bond acceptors (Lipinski definition) is 6. The van der Waals surface area contributed by atoms with Crippen molar-refractivity contribution in [1.29, 1.82) is 0 Å². The molecule has 1 amide bonds. The summed E-state index contributed by atoms with van der Waals surface area (Å²) < 4.78 is 18.5. The van der Waals surface area contributed by atoms with Crippen LogP contribution in [0.15, 0.2) is 29.1 Å². The van der Waals surface area contributed by atoms with Crippen molar-refractivity contribution in [3.8, 4) is 0 Å². The highest BCUT2D eigenvalue weighted by Gasteiger charge is 2.15. The van der Waals surface area contributed by atoms with Gasteiger partial charge in [-0.25, -0.2) is 9.37 Å². The second-order valence-corrected chi connectivity index (χ2v) is 5.88. The van der Waals surface area contributed by atoms with Crippen LogP contribution in [0.1, 0.15) is 11.4 Å². The fourth-order valence-electron chi connectivity index (χ4n) is 2.73. The molecule has 0 bridgehead atoms. The first kappa shape index (κ1) is 18.0. The van der Waals surface area contributed by atoms with Crippen molar-refractivity contribution in [2.45, 2.75) is 13.0 Å². The summed E-state index contributed by atoms with van der Waals surface area (Å²) in [5, 5.41) is 2.67. The maximum absolute atomic E-state index is 13.3. The van der Waals surface area contributed by atoms with Crippen LogP contribution in [-0.2, 0) is 22.5 Å². The number of aromatic nitrogens is 2. The molecule has 0 spiro atoms. The van der Waals surface area contributed by atoms with E-state index in [4.69, 9.17) is 10.5 Å². The molecule has 1 aromatic carbocycles. The summed E-state index contributed by atoms with van der Waals surface area (Å²) in [5.74, 6) is -0.0292. The number of rotatable bonds is 5. The van der Waals surface area contributed by atoms with E-state index in [1.807, 2.05) is 4.90 Å². The maximum Gasteiger partial charge on any atom is 0.252 e. The molecule has 1 aliphatic heterocycles. The van der Waals surface area contributed by atoms with Crippen molar-refractivity contribution in [2.75, 3.05) is 36.5 Å². The zero-order chi connectivity index (χ0) is 18.5. The first-order valence-electron chi connectivity index (χ1n) is 8.26. The van der Waals surface area contributed by atoms with Gasteiger partial charge in [0.2, 0.25) is 5.91 Å². The van der Waals surface area contributed by atoms with Crippen LogP contribution in [0, 0.1) is 5.82 Å². The number of nitrogens with one attached hydrogen (secondary N) is 2. The van der Waals surface area contributed by atoms with Gasteiger partial charge in [-0.15, -0.1) is 0 Å². The first-order chi connectivity index (χ1) is 12.5. The summed E-state index contributed by atoms with van der Waals surface area (Å²) in [7, 11) is 0. The SMILES string of the molecule is NCc1cc(F)ccc1NC(=O)Cc1nc(N2CCOCC2)cc(=O)[nH]1. The maximum atomic E-state index is 13.3. The lowest BCUT2D eigenvalue weighted by atomic mass is 10.1. The molecular formula is C17H20FN5O3. The molecule has 0 unspecified atom stereocenters. The van der Waals surface area contributed by atoms with E-state index in [0.29, 0.717) is 43.4 Å². The fourth-order valence-corrected chi connectivity index (χ4v) is 2.73. The van der Waals surface area contributed by atoms with Gasteiger partial charge in [0.15, 0.2) is 0 Å². The summed E-state index contributed by atoms with van der Waals surface area (Å²) in [6, 6.07) is 5.37. The van der Waals surface area contributed by atoms with Crippen molar-refractivity contribution in [3.05, 3.63) is 51.8 Å². The fraction of sp³-hybridized carbons (Fsp3) is 0.353. The molecule has 1 saturated heterocycles. The van der Waals surface area contributed by atoms with E-state index in [-0.39, 0.29) is 30.3 Å². The molecule has 138 valence electrons. The van der Waals surface area contributed by atoms with Crippen LogP contribution in [0.3, 0.4) is 0 Å². The van der Waals surface area contributed by atoms with Gasteiger partial charge >= 0.3 is 0 Å². The Morgan fingerprint density at radius 1 is 1.35 bits per heavy atom. The molecule has 0 radical (unpaired) electrons. The van der Waals surface area contributed by atoms with Crippen molar-refractivity contribution in [3.63, 3.8) is 0 Å². The van der Waals surface area contributed by atoms with E-state index in [1.54, 1.807) is 0 Å². The number of morpholine rings is 1. The Balaban J connectivity index is 1.73. The molecule has 1 aliphatic rings. The summed E-state index contributed by atoms with van der Waals surface area (Å²) >= 11 is 0. The lowest BCUT2D eigenvalue weighted by Gasteiger charge is -2.27. The van der Waals surface area contributed by atoms with Gasteiger partial charge < -0.3 is 25.7 Å². The predicted molar refractivity (Wildman–Crippen MR) is 94.5 cm³/mol. The Kier molecular flexibility index (Phi) is 5.59. The number of carbonyl (C=O) groups is 1. The van der Waals surface area contributed by atoms with Gasteiger partial charge in [-0.3, -0.25) is 9.59 Å². The molecule has 8 nitrogen and oxygen atoms in total. The number of aromatic amines is 1. The van der Waals surface area contributed by atoms with Crippen molar-refractivity contribution >= 4 is 17.4 Å².